The highest BCUT2D eigenvalue weighted by Crippen LogP contribution is 2.18. The molecule has 2 heterocycles. The molecule has 0 bridgehead atoms. The fraction of sp³-hybridized carbons (Fsp3) is 0.667. The molecule has 0 saturated carbocycles. The van der Waals surface area contributed by atoms with Gasteiger partial charge in [0.1, 0.15) is 0 Å². The predicted octanol–water partition coefficient (Wildman–Crippen LogP) is 2.56. The van der Waals surface area contributed by atoms with Crippen molar-refractivity contribution in [3.63, 3.8) is 0 Å². The second kappa shape index (κ2) is 7.38. The third kappa shape index (κ3) is 4.53. The maximum atomic E-state index is 13.8. The van der Waals surface area contributed by atoms with Crippen molar-refractivity contribution >= 4 is 17.4 Å². The van der Waals surface area contributed by atoms with Gasteiger partial charge in [-0.1, -0.05) is 25.4 Å². The van der Waals surface area contributed by atoms with E-state index in [1.165, 1.54) is 12.3 Å². The first-order valence-electron chi connectivity index (χ1n) is 7.45. The van der Waals surface area contributed by atoms with E-state index in [2.05, 4.69) is 41.0 Å². The fourth-order valence-corrected chi connectivity index (χ4v) is 2.83. The van der Waals surface area contributed by atoms with E-state index >= 15 is 0 Å². The Balaban J connectivity index is 1.97. The van der Waals surface area contributed by atoms with Crippen LogP contribution in [0.3, 0.4) is 0 Å². The Hall–Kier alpha value is -0.910. The molecule has 1 atom stereocenters. The van der Waals surface area contributed by atoms with Crippen molar-refractivity contribution in [2.45, 2.75) is 19.9 Å². The molecule has 0 amide bonds. The third-order valence-corrected chi connectivity index (χ3v) is 4.27. The zero-order chi connectivity index (χ0) is 15.4. The second-order valence-electron chi connectivity index (χ2n) is 6.02. The van der Waals surface area contributed by atoms with Crippen LogP contribution in [0.1, 0.15) is 13.8 Å². The zero-order valence-electron chi connectivity index (χ0n) is 12.9. The van der Waals surface area contributed by atoms with E-state index in [0.717, 1.165) is 26.2 Å². The standard InChI is InChI=1S/C15H24ClFN4/c1-11(2)14(21-6-4-20(3)5-7-21)10-19-15-13(17)8-12(16)9-18-15/h8-9,11,14H,4-7,10H2,1-3H3,(H,18,19). The van der Waals surface area contributed by atoms with Gasteiger partial charge in [0, 0.05) is 45.0 Å². The van der Waals surface area contributed by atoms with Crippen LogP contribution < -0.4 is 5.32 Å². The van der Waals surface area contributed by atoms with Crippen molar-refractivity contribution in [3.05, 3.63) is 23.1 Å². The summed E-state index contributed by atoms with van der Waals surface area (Å²) in [5.41, 5.74) is 0. The summed E-state index contributed by atoms with van der Waals surface area (Å²) in [5.74, 6) is 0.374. The maximum Gasteiger partial charge on any atom is 0.166 e. The van der Waals surface area contributed by atoms with Gasteiger partial charge in [-0.15, -0.1) is 0 Å². The number of likely N-dealkylation sites (N-methyl/N-ethyl adjacent to an activating group) is 1. The van der Waals surface area contributed by atoms with Gasteiger partial charge in [0.25, 0.3) is 0 Å². The van der Waals surface area contributed by atoms with Crippen molar-refractivity contribution < 1.29 is 4.39 Å². The Morgan fingerprint density at radius 1 is 1.33 bits per heavy atom. The smallest absolute Gasteiger partial charge is 0.166 e. The first kappa shape index (κ1) is 16.5. The van der Waals surface area contributed by atoms with E-state index in [1.807, 2.05) is 0 Å². The van der Waals surface area contributed by atoms with Gasteiger partial charge in [0.2, 0.25) is 0 Å². The molecule has 1 aromatic rings. The molecule has 2 rings (SSSR count). The Labute approximate surface area is 131 Å². The van der Waals surface area contributed by atoms with Crippen LogP contribution in [-0.2, 0) is 0 Å². The van der Waals surface area contributed by atoms with Crippen molar-refractivity contribution in [1.29, 1.82) is 0 Å². The second-order valence-corrected chi connectivity index (χ2v) is 6.45. The van der Waals surface area contributed by atoms with Crippen molar-refractivity contribution in [2.24, 2.45) is 5.92 Å². The van der Waals surface area contributed by atoms with Crippen LogP contribution in [0.2, 0.25) is 5.02 Å². The summed E-state index contributed by atoms with van der Waals surface area (Å²) in [6.45, 7) is 9.36. The molecule has 1 aliphatic rings. The van der Waals surface area contributed by atoms with E-state index < -0.39 is 5.82 Å². The van der Waals surface area contributed by atoms with Crippen LogP contribution >= 0.6 is 11.6 Å². The highest BCUT2D eigenvalue weighted by Gasteiger charge is 2.25. The van der Waals surface area contributed by atoms with Gasteiger partial charge >= 0.3 is 0 Å². The number of piperazine rings is 1. The van der Waals surface area contributed by atoms with Crippen molar-refractivity contribution in [2.75, 3.05) is 45.1 Å². The molecule has 21 heavy (non-hydrogen) atoms. The average molecular weight is 315 g/mol. The molecular formula is C15H24ClFN4. The fourth-order valence-electron chi connectivity index (χ4n) is 2.69. The maximum absolute atomic E-state index is 13.8. The predicted molar refractivity (Wildman–Crippen MR) is 85.4 cm³/mol. The number of halogens is 2. The molecular weight excluding hydrogens is 291 g/mol. The van der Waals surface area contributed by atoms with Crippen molar-refractivity contribution in [1.82, 2.24) is 14.8 Å². The minimum atomic E-state index is -0.400. The van der Waals surface area contributed by atoms with Crippen LogP contribution in [0, 0.1) is 11.7 Å². The van der Waals surface area contributed by atoms with Crippen LogP contribution in [-0.4, -0.2) is 60.6 Å². The van der Waals surface area contributed by atoms with Gasteiger partial charge in [-0.3, -0.25) is 4.90 Å². The molecule has 118 valence electrons. The molecule has 1 aliphatic heterocycles. The molecule has 1 saturated heterocycles. The number of pyridine rings is 1. The van der Waals surface area contributed by atoms with Crippen LogP contribution in [0.4, 0.5) is 10.2 Å². The van der Waals surface area contributed by atoms with Gasteiger partial charge in [-0.25, -0.2) is 9.37 Å². The average Bonchev–Trinajstić information content (AvgIpc) is 2.42. The summed E-state index contributed by atoms with van der Waals surface area (Å²) in [5, 5.41) is 3.45. The van der Waals surface area contributed by atoms with Gasteiger partial charge < -0.3 is 10.2 Å². The first-order valence-corrected chi connectivity index (χ1v) is 7.82. The monoisotopic (exact) mass is 314 g/mol. The van der Waals surface area contributed by atoms with Gasteiger partial charge in [-0.2, -0.15) is 0 Å². The Morgan fingerprint density at radius 3 is 2.57 bits per heavy atom. The summed E-state index contributed by atoms with van der Waals surface area (Å²) in [6, 6.07) is 1.66. The molecule has 4 nitrogen and oxygen atoms in total. The largest absolute Gasteiger partial charge is 0.366 e. The lowest BCUT2D eigenvalue weighted by Gasteiger charge is -2.40. The number of anilines is 1. The third-order valence-electron chi connectivity index (χ3n) is 4.06. The SMILES string of the molecule is CC(C)C(CNc1ncc(Cl)cc1F)N1CCN(C)CC1. The number of nitrogens with zero attached hydrogens (tertiary/aromatic N) is 3. The summed E-state index contributed by atoms with van der Waals surface area (Å²) in [4.78, 5) is 8.83. The number of hydrogen-bond acceptors (Lipinski definition) is 4. The highest BCUT2D eigenvalue weighted by molar-refractivity contribution is 6.30. The number of hydrogen-bond donors (Lipinski definition) is 1. The lowest BCUT2D eigenvalue weighted by atomic mass is 10.0. The lowest BCUT2D eigenvalue weighted by molar-refractivity contribution is 0.0943. The molecule has 0 radical (unpaired) electrons. The summed E-state index contributed by atoms with van der Waals surface area (Å²) >= 11 is 5.72. The van der Waals surface area contributed by atoms with E-state index in [4.69, 9.17) is 11.6 Å². The van der Waals surface area contributed by atoms with Gasteiger partial charge in [0.05, 0.1) is 5.02 Å². The summed E-state index contributed by atoms with van der Waals surface area (Å²) in [7, 11) is 2.15. The minimum absolute atomic E-state index is 0.277. The summed E-state index contributed by atoms with van der Waals surface area (Å²) < 4.78 is 13.8. The van der Waals surface area contributed by atoms with Gasteiger partial charge in [-0.05, 0) is 19.0 Å². The molecule has 1 aromatic heterocycles. The Kier molecular flexibility index (Phi) is 5.79. The first-order chi connectivity index (χ1) is 9.97. The molecule has 0 spiro atoms. The highest BCUT2D eigenvalue weighted by atomic mass is 35.5. The zero-order valence-corrected chi connectivity index (χ0v) is 13.7. The molecule has 1 N–H and O–H groups in total. The van der Waals surface area contributed by atoms with E-state index in [9.17, 15) is 4.39 Å². The van der Waals surface area contributed by atoms with Crippen LogP contribution in [0.25, 0.3) is 0 Å². The topological polar surface area (TPSA) is 31.4 Å². The van der Waals surface area contributed by atoms with Crippen molar-refractivity contribution in [3.8, 4) is 0 Å². The summed E-state index contributed by atoms with van der Waals surface area (Å²) in [6.07, 6.45) is 1.47. The number of nitrogens with one attached hydrogen (secondary N) is 1. The lowest BCUT2D eigenvalue weighted by Crippen LogP contribution is -2.52. The molecule has 6 heteroatoms. The molecule has 1 unspecified atom stereocenters. The molecule has 0 aromatic carbocycles. The molecule has 1 fully saturated rings. The Bertz CT molecular complexity index is 461. The number of rotatable bonds is 5. The Morgan fingerprint density at radius 2 is 2.00 bits per heavy atom. The molecule has 0 aliphatic carbocycles. The van der Waals surface area contributed by atoms with E-state index in [0.29, 0.717) is 23.5 Å². The van der Waals surface area contributed by atoms with E-state index in [-0.39, 0.29) is 5.82 Å². The van der Waals surface area contributed by atoms with Crippen LogP contribution in [0.5, 0.6) is 0 Å². The normalized spacial score (nSPS) is 19.0. The quantitative estimate of drug-likeness (QED) is 0.905. The van der Waals surface area contributed by atoms with E-state index in [1.54, 1.807) is 0 Å². The number of aromatic nitrogens is 1. The van der Waals surface area contributed by atoms with Crippen LogP contribution in [0.15, 0.2) is 12.3 Å². The minimum Gasteiger partial charge on any atom is -0.366 e. The van der Waals surface area contributed by atoms with Gasteiger partial charge in [0.15, 0.2) is 11.6 Å².